The number of nitrogens with one attached hydrogen (secondary N) is 2. The Hall–Kier alpha value is -1.88. The van der Waals surface area contributed by atoms with E-state index in [4.69, 9.17) is 0 Å². The number of aromatic nitrogens is 1. The first kappa shape index (κ1) is 12.2. The largest absolute Gasteiger partial charge is 0.335 e. The summed E-state index contributed by atoms with van der Waals surface area (Å²) >= 11 is 1.61. The van der Waals surface area contributed by atoms with Gasteiger partial charge in [0, 0.05) is 28.4 Å². The van der Waals surface area contributed by atoms with Crippen molar-refractivity contribution in [1.29, 1.82) is 0 Å². The molecule has 0 unspecified atom stereocenters. The number of carbonyl (C=O) groups is 1. The summed E-state index contributed by atoms with van der Waals surface area (Å²) in [6.07, 6.45) is 2.18. The second kappa shape index (κ2) is 5.01. The quantitative estimate of drug-likeness (QED) is 0.900. The van der Waals surface area contributed by atoms with E-state index in [1.54, 1.807) is 11.3 Å². The number of hydrogen-bond acceptors (Lipinski definition) is 3. The molecule has 1 aromatic heterocycles. The highest BCUT2D eigenvalue weighted by Crippen LogP contribution is 2.26. The molecular formula is C14H15N3OS. The van der Waals surface area contributed by atoms with Crippen LogP contribution in [0.5, 0.6) is 0 Å². The Morgan fingerprint density at radius 1 is 1.42 bits per heavy atom. The van der Waals surface area contributed by atoms with Gasteiger partial charge in [0.25, 0.3) is 0 Å². The van der Waals surface area contributed by atoms with Gasteiger partial charge in [0.1, 0.15) is 5.01 Å². The van der Waals surface area contributed by atoms with Gasteiger partial charge in [0.15, 0.2) is 0 Å². The molecule has 2 N–H and O–H groups in total. The number of benzene rings is 1. The van der Waals surface area contributed by atoms with E-state index in [0.717, 1.165) is 34.8 Å². The molecule has 1 fully saturated rings. The summed E-state index contributed by atoms with van der Waals surface area (Å²) in [7, 11) is 0. The van der Waals surface area contributed by atoms with Crippen LogP contribution in [0.3, 0.4) is 0 Å². The fraction of sp³-hybridized carbons (Fsp3) is 0.286. The molecule has 2 amide bonds. The molecule has 98 valence electrons. The summed E-state index contributed by atoms with van der Waals surface area (Å²) in [5.41, 5.74) is 2.84. The summed E-state index contributed by atoms with van der Waals surface area (Å²) in [4.78, 5) is 16.1. The highest BCUT2D eigenvalue weighted by atomic mass is 32.1. The van der Waals surface area contributed by atoms with E-state index < -0.39 is 0 Å². The summed E-state index contributed by atoms with van der Waals surface area (Å²) in [6, 6.07) is 8.00. The number of rotatable bonds is 3. The molecule has 0 atom stereocenters. The van der Waals surface area contributed by atoms with Gasteiger partial charge in [-0.3, -0.25) is 0 Å². The Bertz CT molecular complexity index is 604. The van der Waals surface area contributed by atoms with Crippen LogP contribution in [0, 0.1) is 6.92 Å². The van der Waals surface area contributed by atoms with Crippen LogP contribution in [0.2, 0.25) is 0 Å². The summed E-state index contributed by atoms with van der Waals surface area (Å²) < 4.78 is 0. The minimum Gasteiger partial charge on any atom is -0.335 e. The summed E-state index contributed by atoms with van der Waals surface area (Å²) in [5, 5.41) is 8.76. The molecule has 0 bridgehead atoms. The van der Waals surface area contributed by atoms with Crippen LogP contribution in [0.1, 0.15) is 18.5 Å². The monoisotopic (exact) mass is 273 g/mol. The van der Waals surface area contributed by atoms with E-state index in [9.17, 15) is 4.79 Å². The minimum atomic E-state index is -0.130. The Morgan fingerprint density at radius 3 is 2.95 bits per heavy atom. The summed E-state index contributed by atoms with van der Waals surface area (Å²) in [6.45, 7) is 1.98. The maximum Gasteiger partial charge on any atom is 0.319 e. The normalized spacial score (nSPS) is 14.2. The third-order valence-electron chi connectivity index (χ3n) is 2.90. The highest BCUT2D eigenvalue weighted by Gasteiger charge is 2.23. The number of carbonyl (C=O) groups excluding carboxylic acids is 1. The molecule has 0 saturated heterocycles. The lowest BCUT2D eigenvalue weighted by molar-refractivity contribution is 0.251. The molecule has 19 heavy (non-hydrogen) atoms. The van der Waals surface area contributed by atoms with E-state index in [1.807, 2.05) is 36.6 Å². The molecule has 1 aliphatic rings. The molecular weight excluding hydrogens is 258 g/mol. The van der Waals surface area contributed by atoms with Crippen molar-refractivity contribution in [3.63, 3.8) is 0 Å². The van der Waals surface area contributed by atoms with Crippen molar-refractivity contribution in [2.45, 2.75) is 25.8 Å². The van der Waals surface area contributed by atoms with Crippen LogP contribution >= 0.6 is 11.3 Å². The highest BCUT2D eigenvalue weighted by molar-refractivity contribution is 7.13. The molecule has 3 rings (SSSR count). The van der Waals surface area contributed by atoms with Crippen molar-refractivity contribution < 1.29 is 4.79 Å². The van der Waals surface area contributed by atoms with Crippen molar-refractivity contribution in [1.82, 2.24) is 10.3 Å². The topological polar surface area (TPSA) is 54.0 Å². The second-order valence-electron chi connectivity index (χ2n) is 4.75. The van der Waals surface area contributed by atoms with Crippen molar-refractivity contribution in [3.05, 3.63) is 35.3 Å². The molecule has 4 nitrogen and oxygen atoms in total. The molecule has 1 heterocycles. The van der Waals surface area contributed by atoms with Crippen LogP contribution in [0.25, 0.3) is 10.6 Å². The minimum absolute atomic E-state index is 0.130. The Labute approximate surface area is 115 Å². The van der Waals surface area contributed by atoms with Gasteiger partial charge in [-0.15, -0.1) is 11.3 Å². The lowest BCUT2D eigenvalue weighted by atomic mass is 10.2. The first-order chi connectivity index (χ1) is 9.20. The van der Waals surface area contributed by atoms with E-state index in [-0.39, 0.29) is 6.03 Å². The van der Waals surface area contributed by atoms with Crippen LogP contribution in [0.4, 0.5) is 10.5 Å². The molecule has 1 saturated carbocycles. The smallest absolute Gasteiger partial charge is 0.319 e. The number of aryl methyl sites for hydroxylation is 1. The first-order valence-corrected chi connectivity index (χ1v) is 7.19. The fourth-order valence-electron chi connectivity index (χ4n) is 1.80. The zero-order valence-electron chi connectivity index (χ0n) is 10.6. The van der Waals surface area contributed by atoms with Gasteiger partial charge in [-0.2, -0.15) is 0 Å². The van der Waals surface area contributed by atoms with E-state index in [1.165, 1.54) is 0 Å². The van der Waals surface area contributed by atoms with Crippen molar-refractivity contribution in [2.75, 3.05) is 5.32 Å². The van der Waals surface area contributed by atoms with Gasteiger partial charge in [-0.05, 0) is 31.9 Å². The molecule has 0 spiro atoms. The molecule has 0 aliphatic heterocycles. The lowest BCUT2D eigenvalue weighted by Gasteiger charge is -2.07. The van der Waals surface area contributed by atoms with E-state index >= 15 is 0 Å². The number of amides is 2. The molecule has 5 heteroatoms. The van der Waals surface area contributed by atoms with Crippen LogP contribution < -0.4 is 10.6 Å². The van der Waals surface area contributed by atoms with Crippen molar-refractivity contribution in [2.24, 2.45) is 0 Å². The maximum absolute atomic E-state index is 11.7. The van der Waals surface area contributed by atoms with Gasteiger partial charge in [-0.25, -0.2) is 9.78 Å². The van der Waals surface area contributed by atoms with Gasteiger partial charge in [-0.1, -0.05) is 12.1 Å². The number of hydrogen-bond donors (Lipinski definition) is 2. The Morgan fingerprint density at radius 2 is 2.26 bits per heavy atom. The molecule has 0 radical (unpaired) electrons. The maximum atomic E-state index is 11.7. The molecule has 1 aromatic carbocycles. The van der Waals surface area contributed by atoms with Gasteiger partial charge in [0.2, 0.25) is 0 Å². The lowest BCUT2D eigenvalue weighted by Crippen LogP contribution is -2.30. The zero-order chi connectivity index (χ0) is 13.2. The van der Waals surface area contributed by atoms with Crippen LogP contribution in [0.15, 0.2) is 29.6 Å². The Kier molecular flexibility index (Phi) is 3.21. The van der Waals surface area contributed by atoms with E-state index in [2.05, 4.69) is 15.6 Å². The first-order valence-electron chi connectivity index (χ1n) is 6.31. The third-order valence-corrected chi connectivity index (χ3v) is 3.91. The van der Waals surface area contributed by atoms with Gasteiger partial charge < -0.3 is 10.6 Å². The van der Waals surface area contributed by atoms with E-state index in [0.29, 0.717) is 6.04 Å². The second-order valence-corrected chi connectivity index (χ2v) is 5.61. The molecule has 2 aromatic rings. The molecule has 1 aliphatic carbocycles. The van der Waals surface area contributed by atoms with Crippen LogP contribution in [-0.2, 0) is 0 Å². The van der Waals surface area contributed by atoms with Crippen molar-refractivity contribution in [3.8, 4) is 10.6 Å². The standard InChI is InChI=1S/C14H15N3OS/c1-9-8-19-13(15-9)10-3-2-4-12(7-10)17-14(18)16-11-5-6-11/h2-4,7-8,11H,5-6H2,1H3,(H2,16,17,18). The Balaban J connectivity index is 1.73. The number of urea groups is 1. The average Bonchev–Trinajstić information content (AvgIpc) is 3.08. The third kappa shape index (κ3) is 3.12. The summed E-state index contributed by atoms with van der Waals surface area (Å²) in [5.74, 6) is 0. The number of nitrogens with zero attached hydrogens (tertiary/aromatic N) is 1. The fourth-order valence-corrected chi connectivity index (χ4v) is 2.59. The predicted octanol–water partition coefficient (Wildman–Crippen LogP) is 3.40. The van der Waals surface area contributed by atoms with Crippen molar-refractivity contribution >= 4 is 23.1 Å². The number of anilines is 1. The SMILES string of the molecule is Cc1csc(-c2cccc(NC(=O)NC3CC3)c2)n1. The number of thiazole rings is 1. The van der Waals surface area contributed by atoms with Gasteiger partial charge in [0.05, 0.1) is 0 Å². The van der Waals surface area contributed by atoms with Crippen LogP contribution in [-0.4, -0.2) is 17.1 Å². The average molecular weight is 273 g/mol. The predicted molar refractivity (Wildman–Crippen MR) is 77.5 cm³/mol. The zero-order valence-corrected chi connectivity index (χ0v) is 11.5. The van der Waals surface area contributed by atoms with Gasteiger partial charge >= 0.3 is 6.03 Å².